The van der Waals surface area contributed by atoms with Crippen molar-refractivity contribution in [2.45, 2.75) is 13.0 Å². The number of sulfonamides is 1. The Morgan fingerprint density at radius 3 is 2.25 bits per heavy atom. The molecule has 0 saturated carbocycles. The molecule has 0 bridgehead atoms. The molecule has 6 nitrogen and oxygen atoms in total. The minimum Gasteiger partial charge on any atom is -0.374 e. The summed E-state index contributed by atoms with van der Waals surface area (Å²) in [5.41, 5.74) is 1.77. The molecule has 0 fully saturated rings. The fraction of sp³-hybridized carbons (Fsp3) is 0.188. The van der Waals surface area contributed by atoms with E-state index in [-0.39, 0.29) is 5.91 Å². The lowest BCUT2D eigenvalue weighted by atomic mass is 10.2. The van der Waals surface area contributed by atoms with Crippen LogP contribution in [0.4, 0.5) is 17.1 Å². The minimum absolute atomic E-state index is 0.212. The third-order valence-electron chi connectivity index (χ3n) is 3.06. The number of anilines is 3. The number of amides is 1. The molecular formula is C16H18ClN3O3S. The van der Waals surface area contributed by atoms with Crippen molar-refractivity contribution in [1.82, 2.24) is 0 Å². The van der Waals surface area contributed by atoms with E-state index in [1.807, 2.05) is 0 Å². The smallest absolute Gasteiger partial charge is 0.246 e. The molecule has 24 heavy (non-hydrogen) atoms. The van der Waals surface area contributed by atoms with Gasteiger partial charge in [0.15, 0.2) is 0 Å². The van der Waals surface area contributed by atoms with Crippen molar-refractivity contribution in [3.05, 3.63) is 53.6 Å². The Labute approximate surface area is 146 Å². The van der Waals surface area contributed by atoms with Gasteiger partial charge in [0, 0.05) is 22.1 Å². The van der Waals surface area contributed by atoms with E-state index in [0.717, 1.165) is 6.26 Å². The number of hydrogen-bond donors (Lipinski definition) is 3. The lowest BCUT2D eigenvalue weighted by Crippen LogP contribution is -2.31. The van der Waals surface area contributed by atoms with E-state index in [1.165, 1.54) is 0 Å². The van der Waals surface area contributed by atoms with Crippen molar-refractivity contribution in [3.63, 3.8) is 0 Å². The molecule has 0 radical (unpaired) electrons. The largest absolute Gasteiger partial charge is 0.374 e. The van der Waals surface area contributed by atoms with E-state index < -0.39 is 16.1 Å². The quantitative estimate of drug-likeness (QED) is 0.731. The van der Waals surface area contributed by atoms with Crippen LogP contribution in [-0.2, 0) is 14.8 Å². The Morgan fingerprint density at radius 1 is 1.04 bits per heavy atom. The molecule has 0 aliphatic heterocycles. The highest BCUT2D eigenvalue weighted by atomic mass is 35.5. The van der Waals surface area contributed by atoms with Gasteiger partial charge in [-0.1, -0.05) is 17.7 Å². The summed E-state index contributed by atoms with van der Waals surface area (Å²) in [6.07, 6.45) is 1.08. The lowest BCUT2D eigenvalue weighted by molar-refractivity contribution is -0.116. The van der Waals surface area contributed by atoms with Gasteiger partial charge in [-0.25, -0.2) is 8.42 Å². The van der Waals surface area contributed by atoms with E-state index in [2.05, 4.69) is 15.4 Å². The van der Waals surface area contributed by atoms with E-state index in [1.54, 1.807) is 55.5 Å². The molecule has 1 amide bonds. The minimum atomic E-state index is -3.31. The maximum absolute atomic E-state index is 12.2. The average Bonchev–Trinajstić information content (AvgIpc) is 2.47. The van der Waals surface area contributed by atoms with Crippen molar-refractivity contribution in [1.29, 1.82) is 0 Å². The Kier molecular flexibility index (Phi) is 5.69. The van der Waals surface area contributed by atoms with E-state index in [4.69, 9.17) is 11.6 Å². The molecule has 0 saturated heterocycles. The second-order valence-corrected chi connectivity index (χ2v) is 7.50. The number of nitrogens with one attached hydrogen (secondary N) is 3. The molecule has 0 aromatic heterocycles. The standard InChI is InChI=1S/C16H18ClN3O3S/c1-11(16(21)19-15-5-3-4-12(17)10-15)18-13-6-8-14(9-7-13)20-24(2,22)23/h3-11,18,20H,1-2H3,(H,19,21)/t11-/m0/s1. The molecule has 2 aromatic carbocycles. The Bertz CT molecular complexity index is 823. The van der Waals surface area contributed by atoms with Crippen LogP contribution in [0.1, 0.15) is 6.92 Å². The van der Waals surface area contributed by atoms with Crippen molar-refractivity contribution >= 4 is 44.6 Å². The van der Waals surface area contributed by atoms with Crippen LogP contribution in [0, 0.1) is 0 Å². The third kappa shape index (κ3) is 5.75. The van der Waals surface area contributed by atoms with Crippen LogP contribution in [-0.4, -0.2) is 26.6 Å². The van der Waals surface area contributed by atoms with Gasteiger partial charge in [-0.05, 0) is 49.4 Å². The molecule has 0 aliphatic carbocycles. The molecule has 0 spiro atoms. The molecule has 2 rings (SSSR count). The van der Waals surface area contributed by atoms with Gasteiger partial charge in [0.2, 0.25) is 15.9 Å². The molecule has 0 unspecified atom stereocenters. The zero-order chi connectivity index (χ0) is 17.7. The van der Waals surface area contributed by atoms with Gasteiger partial charge in [-0.2, -0.15) is 0 Å². The highest BCUT2D eigenvalue weighted by Crippen LogP contribution is 2.17. The number of halogens is 1. The summed E-state index contributed by atoms with van der Waals surface area (Å²) in [4.78, 5) is 12.2. The zero-order valence-corrected chi connectivity index (χ0v) is 14.8. The highest BCUT2D eigenvalue weighted by Gasteiger charge is 2.13. The zero-order valence-electron chi connectivity index (χ0n) is 13.2. The summed E-state index contributed by atoms with van der Waals surface area (Å²) in [6, 6.07) is 13.0. The first kappa shape index (κ1) is 18.1. The number of carbonyl (C=O) groups excluding carboxylic acids is 1. The van der Waals surface area contributed by atoms with Gasteiger partial charge in [0.25, 0.3) is 0 Å². The van der Waals surface area contributed by atoms with Crippen LogP contribution in [0.15, 0.2) is 48.5 Å². The topological polar surface area (TPSA) is 87.3 Å². The van der Waals surface area contributed by atoms with Crippen LogP contribution < -0.4 is 15.4 Å². The number of rotatable bonds is 6. The number of benzene rings is 2. The first-order chi connectivity index (χ1) is 11.2. The van der Waals surface area contributed by atoms with Crippen molar-refractivity contribution in [3.8, 4) is 0 Å². The van der Waals surface area contributed by atoms with E-state index in [9.17, 15) is 13.2 Å². The normalized spacial score (nSPS) is 12.3. The Balaban J connectivity index is 1.96. The number of hydrogen-bond acceptors (Lipinski definition) is 4. The lowest BCUT2D eigenvalue weighted by Gasteiger charge is -2.16. The molecule has 1 atom stereocenters. The summed E-state index contributed by atoms with van der Waals surface area (Å²) >= 11 is 5.88. The molecule has 8 heteroatoms. The third-order valence-corrected chi connectivity index (χ3v) is 3.90. The summed E-state index contributed by atoms with van der Waals surface area (Å²) < 4.78 is 24.7. The van der Waals surface area contributed by atoms with Crippen LogP contribution in [0.5, 0.6) is 0 Å². The molecule has 128 valence electrons. The molecule has 3 N–H and O–H groups in total. The second kappa shape index (κ2) is 7.55. The molecule has 0 aliphatic rings. The molecular weight excluding hydrogens is 350 g/mol. The Morgan fingerprint density at radius 2 is 1.67 bits per heavy atom. The number of carbonyl (C=O) groups is 1. The maximum atomic E-state index is 12.2. The van der Waals surface area contributed by atoms with Gasteiger partial charge >= 0.3 is 0 Å². The van der Waals surface area contributed by atoms with Gasteiger partial charge in [0.1, 0.15) is 6.04 Å². The van der Waals surface area contributed by atoms with Gasteiger partial charge < -0.3 is 10.6 Å². The van der Waals surface area contributed by atoms with E-state index in [0.29, 0.717) is 22.1 Å². The first-order valence-corrected chi connectivity index (χ1v) is 9.41. The molecule has 0 heterocycles. The van der Waals surface area contributed by atoms with E-state index >= 15 is 0 Å². The van der Waals surface area contributed by atoms with Crippen molar-refractivity contribution < 1.29 is 13.2 Å². The first-order valence-electron chi connectivity index (χ1n) is 7.14. The molecule has 2 aromatic rings. The fourth-order valence-electron chi connectivity index (χ4n) is 1.98. The van der Waals surface area contributed by atoms with Crippen molar-refractivity contribution in [2.75, 3.05) is 21.6 Å². The van der Waals surface area contributed by atoms with Crippen LogP contribution in [0.25, 0.3) is 0 Å². The Hall–Kier alpha value is -2.25. The SMILES string of the molecule is C[C@H](Nc1ccc(NS(C)(=O)=O)cc1)C(=O)Nc1cccc(Cl)c1. The summed E-state index contributed by atoms with van der Waals surface area (Å²) in [5, 5.41) is 6.36. The highest BCUT2D eigenvalue weighted by molar-refractivity contribution is 7.92. The van der Waals surface area contributed by atoms with Crippen LogP contribution in [0.3, 0.4) is 0 Å². The average molecular weight is 368 g/mol. The van der Waals surface area contributed by atoms with Crippen LogP contribution in [0.2, 0.25) is 5.02 Å². The summed E-state index contributed by atoms with van der Waals surface area (Å²) in [5.74, 6) is -0.212. The maximum Gasteiger partial charge on any atom is 0.246 e. The summed E-state index contributed by atoms with van der Waals surface area (Å²) in [7, 11) is -3.31. The predicted octanol–water partition coefficient (Wildman–Crippen LogP) is 3.15. The van der Waals surface area contributed by atoms with Crippen molar-refractivity contribution in [2.24, 2.45) is 0 Å². The monoisotopic (exact) mass is 367 g/mol. The second-order valence-electron chi connectivity index (χ2n) is 5.32. The van der Waals surface area contributed by atoms with Gasteiger partial charge in [-0.15, -0.1) is 0 Å². The fourth-order valence-corrected chi connectivity index (χ4v) is 2.74. The predicted molar refractivity (Wildman–Crippen MR) is 98.1 cm³/mol. The van der Waals surface area contributed by atoms with Crippen LogP contribution >= 0.6 is 11.6 Å². The van der Waals surface area contributed by atoms with Gasteiger partial charge in [-0.3, -0.25) is 9.52 Å². The summed E-state index contributed by atoms with van der Waals surface area (Å²) in [6.45, 7) is 1.72. The van der Waals surface area contributed by atoms with Gasteiger partial charge in [0.05, 0.1) is 6.26 Å².